The minimum absolute atomic E-state index is 0.115. The molecular formula is C16H24N2OS. The number of para-hydroxylation sites is 1. The number of nitrogen functional groups attached to an aromatic ring is 1. The van der Waals surface area contributed by atoms with Crippen molar-refractivity contribution in [2.45, 2.75) is 44.0 Å². The molecule has 0 radical (unpaired) electrons. The summed E-state index contributed by atoms with van der Waals surface area (Å²) in [5, 5.41) is 3.19. The summed E-state index contributed by atoms with van der Waals surface area (Å²) in [5.41, 5.74) is 6.62. The van der Waals surface area contributed by atoms with Crippen molar-refractivity contribution in [2.75, 3.05) is 11.5 Å². The molecule has 1 amide bonds. The molecule has 0 spiro atoms. The fraction of sp³-hybridized carbons (Fsp3) is 0.562. The van der Waals surface area contributed by atoms with E-state index in [1.54, 1.807) is 0 Å². The van der Waals surface area contributed by atoms with E-state index in [1.807, 2.05) is 24.3 Å². The van der Waals surface area contributed by atoms with Gasteiger partial charge in [-0.05, 0) is 30.4 Å². The quantitative estimate of drug-likeness (QED) is 0.661. The second-order valence-corrected chi connectivity index (χ2v) is 6.78. The molecule has 4 heteroatoms. The standard InChI is InChI=1S/C16H24N2OS/c1-11-6-5-8-14(12(11)2)18-16(19)10-20-15-9-4-3-7-13(15)17/h3-4,7,9,11-12,14H,5-6,8,10,17H2,1-2H3,(H,18,19). The number of hydrogen-bond acceptors (Lipinski definition) is 3. The van der Waals surface area contributed by atoms with E-state index in [1.165, 1.54) is 24.6 Å². The molecule has 3 nitrogen and oxygen atoms in total. The minimum Gasteiger partial charge on any atom is -0.398 e. The van der Waals surface area contributed by atoms with Crippen LogP contribution in [0.5, 0.6) is 0 Å². The molecule has 2 rings (SSSR count). The van der Waals surface area contributed by atoms with Crippen molar-refractivity contribution >= 4 is 23.4 Å². The maximum atomic E-state index is 12.1. The first-order chi connectivity index (χ1) is 9.58. The molecule has 3 unspecified atom stereocenters. The van der Waals surface area contributed by atoms with Gasteiger partial charge < -0.3 is 11.1 Å². The summed E-state index contributed by atoms with van der Waals surface area (Å²) in [4.78, 5) is 13.1. The molecule has 0 aromatic heterocycles. The van der Waals surface area contributed by atoms with Crippen LogP contribution < -0.4 is 11.1 Å². The van der Waals surface area contributed by atoms with Crippen LogP contribution in [0.3, 0.4) is 0 Å². The van der Waals surface area contributed by atoms with Crippen molar-refractivity contribution < 1.29 is 4.79 Å². The number of hydrogen-bond donors (Lipinski definition) is 2. The first-order valence-corrected chi connectivity index (χ1v) is 8.33. The molecule has 0 bridgehead atoms. The van der Waals surface area contributed by atoms with Crippen molar-refractivity contribution in [1.29, 1.82) is 0 Å². The lowest BCUT2D eigenvalue weighted by atomic mass is 9.78. The van der Waals surface area contributed by atoms with E-state index in [0.717, 1.165) is 17.0 Å². The number of carbonyl (C=O) groups is 1. The van der Waals surface area contributed by atoms with Gasteiger partial charge in [-0.15, -0.1) is 11.8 Å². The van der Waals surface area contributed by atoms with Gasteiger partial charge in [-0.25, -0.2) is 0 Å². The normalized spacial score (nSPS) is 26.2. The number of nitrogens with two attached hydrogens (primary N) is 1. The number of anilines is 1. The van der Waals surface area contributed by atoms with Gasteiger partial charge in [-0.3, -0.25) is 4.79 Å². The molecule has 1 fully saturated rings. The topological polar surface area (TPSA) is 55.1 Å². The molecule has 0 saturated heterocycles. The lowest BCUT2D eigenvalue weighted by molar-refractivity contribution is -0.119. The molecule has 110 valence electrons. The van der Waals surface area contributed by atoms with Crippen LogP contribution in [0, 0.1) is 11.8 Å². The zero-order chi connectivity index (χ0) is 14.5. The number of thioether (sulfide) groups is 1. The SMILES string of the molecule is CC1CCCC(NC(=O)CSc2ccccc2N)C1C. The van der Waals surface area contributed by atoms with Gasteiger partial charge in [0.2, 0.25) is 5.91 Å². The molecule has 3 atom stereocenters. The Morgan fingerprint density at radius 2 is 2.10 bits per heavy atom. The van der Waals surface area contributed by atoms with Crippen LogP contribution in [-0.4, -0.2) is 17.7 Å². The molecular weight excluding hydrogens is 268 g/mol. The van der Waals surface area contributed by atoms with Gasteiger partial charge in [0, 0.05) is 16.6 Å². The smallest absolute Gasteiger partial charge is 0.230 e. The van der Waals surface area contributed by atoms with Crippen LogP contribution >= 0.6 is 11.8 Å². The van der Waals surface area contributed by atoms with E-state index in [-0.39, 0.29) is 5.91 Å². The highest BCUT2D eigenvalue weighted by Crippen LogP contribution is 2.30. The third-order valence-corrected chi connectivity index (χ3v) is 5.42. The van der Waals surface area contributed by atoms with Gasteiger partial charge in [0.15, 0.2) is 0 Å². The van der Waals surface area contributed by atoms with Crippen molar-refractivity contribution in [3.8, 4) is 0 Å². The average Bonchev–Trinajstić information content (AvgIpc) is 2.43. The average molecular weight is 292 g/mol. The highest BCUT2D eigenvalue weighted by atomic mass is 32.2. The van der Waals surface area contributed by atoms with E-state index in [9.17, 15) is 4.79 Å². The number of rotatable bonds is 4. The summed E-state index contributed by atoms with van der Waals surface area (Å²) in [5.74, 6) is 1.82. The monoisotopic (exact) mass is 292 g/mol. The Hall–Kier alpha value is -1.16. The molecule has 1 aromatic carbocycles. The number of benzene rings is 1. The molecule has 0 aliphatic heterocycles. The zero-order valence-electron chi connectivity index (χ0n) is 12.3. The first kappa shape index (κ1) is 15.2. The Kier molecular flexibility index (Phi) is 5.35. The first-order valence-electron chi connectivity index (χ1n) is 7.34. The summed E-state index contributed by atoms with van der Waals surface area (Å²) in [6.45, 7) is 4.53. The van der Waals surface area contributed by atoms with E-state index < -0.39 is 0 Å². The molecule has 20 heavy (non-hydrogen) atoms. The highest BCUT2D eigenvalue weighted by molar-refractivity contribution is 8.00. The van der Waals surface area contributed by atoms with Crippen LogP contribution in [0.1, 0.15) is 33.1 Å². The maximum Gasteiger partial charge on any atom is 0.230 e. The summed E-state index contributed by atoms with van der Waals surface area (Å²) in [6.07, 6.45) is 3.60. The van der Waals surface area contributed by atoms with Crippen LogP contribution in [-0.2, 0) is 4.79 Å². The van der Waals surface area contributed by atoms with Crippen LogP contribution in [0.15, 0.2) is 29.2 Å². The maximum absolute atomic E-state index is 12.1. The molecule has 3 N–H and O–H groups in total. The second kappa shape index (κ2) is 7.02. The van der Waals surface area contributed by atoms with E-state index in [0.29, 0.717) is 23.6 Å². The molecule has 0 heterocycles. The Morgan fingerprint density at radius 1 is 1.35 bits per heavy atom. The zero-order valence-corrected chi connectivity index (χ0v) is 13.1. The van der Waals surface area contributed by atoms with E-state index in [4.69, 9.17) is 5.73 Å². The van der Waals surface area contributed by atoms with Crippen LogP contribution in [0.4, 0.5) is 5.69 Å². The Labute approximate surface area is 125 Å². The van der Waals surface area contributed by atoms with Gasteiger partial charge in [-0.2, -0.15) is 0 Å². The molecule has 1 aliphatic carbocycles. The van der Waals surface area contributed by atoms with Crippen LogP contribution in [0.25, 0.3) is 0 Å². The number of carbonyl (C=O) groups excluding carboxylic acids is 1. The second-order valence-electron chi connectivity index (χ2n) is 5.77. The molecule has 1 saturated carbocycles. The Balaban J connectivity index is 1.82. The predicted molar refractivity (Wildman–Crippen MR) is 85.7 cm³/mol. The molecule has 1 aromatic rings. The Bertz CT molecular complexity index is 464. The Morgan fingerprint density at radius 3 is 2.85 bits per heavy atom. The third kappa shape index (κ3) is 3.92. The minimum atomic E-state index is 0.115. The summed E-state index contributed by atoms with van der Waals surface area (Å²) < 4.78 is 0. The van der Waals surface area contributed by atoms with Gasteiger partial charge in [0.05, 0.1) is 5.75 Å². The van der Waals surface area contributed by atoms with E-state index in [2.05, 4.69) is 19.2 Å². The van der Waals surface area contributed by atoms with Crippen molar-refractivity contribution in [2.24, 2.45) is 11.8 Å². The fourth-order valence-corrected chi connectivity index (χ4v) is 3.57. The van der Waals surface area contributed by atoms with Crippen molar-refractivity contribution in [1.82, 2.24) is 5.32 Å². The van der Waals surface area contributed by atoms with Gasteiger partial charge >= 0.3 is 0 Å². The summed E-state index contributed by atoms with van der Waals surface area (Å²) >= 11 is 1.51. The number of amides is 1. The predicted octanol–water partition coefficient (Wildman–Crippen LogP) is 3.30. The van der Waals surface area contributed by atoms with Gasteiger partial charge in [-0.1, -0.05) is 38.8 Å². The van der Waals surface area contributed by atoms with E-state index >= 15 is 0 Å². The van der Waals surface area contributed by atoms with Gasteiger partial charge in [0.25, 0.3) is 0 Å². The molecule has 1 aliphatic rings. The van der Waals surface area contributed by atoms with Crippen molar-refractivity contribution in [3.05, 3.63) is 24.3 Å². The number of nitrogens with one attached hydrogen (secondary N) is 1. The highest BCUT2D eigenvalue weighted by Gasteiger charge is 2.27. The van der Waals surface area contributed by atoms with Gasteiger partial charge in [0.1, 0.15) is 0 Å². The lowest BCUT2D eigenvalue weighted by Gasteiger charge is -2.34. The van der Waals surface area contributed by atoms with Crippen LogP contribution in [0.2, 0.25) is 0 Å². The fourth-order valence-electron chi connectivity index (χ4n) is 2.79. The van der Waals surface area contributed by atoms with Crippen molar-refractivity contribution in [3.63, 3.8) is 0 Å². The summed E-state index contributed by atoms with van der Waals surface area (Å²) in [7, 11) is 0. The third-order valence-electron chi connectivity index (χ3n) is 4.33. The summed E-state index contributed by atoms with van der Waals surface area (Å²) in [6, 6.07) is 8.01. The lowest BCUT2D eigenvalue weighted by Crippen LogP contribution is -2.44. The largest absolute Gasteiger partial charge is 0.398 e.